The molecule has 4 heterocycles. The number of amides is 1. The summed E-state index contributed by atoms with van der Waals surface area (Å²) in [4.78, 5) is 20.1. The monoisotopic (exact) mass is 418 g/mol. The van der Waals surface area contributed by atoms with Gasteiger partial charge in [-0.3, -0.25) is 4.79 Å². The van der Waals surface area contributed by atoms with E-state index >= 15 is 0 Å². The van der Waals surface area contributed by atoms with Crippen molar-refractivity contribution in [3.63, 3.8) is 0 Å². The quantitative estimate of drug-likeness (QED) is 0.685. The molecule has 0 radical (unpaired) electrons. The van der Waals surface area contributed by atoms with Crippen molar-refractivity contribution in [1.29, 1.82) is 0 Å². The number of carbonyl (C=O) groups is 1. The Bertz CT molecular complexity index is 1040. The van der Waals surface area contributed by atoms with Gasteiger partial charge < -0.3 is 19.6 Å². The molecule has 1 fully saturated rings. The topological polar surface area (TPSA) is 98.4 Å². The number of nitrogens with two attached hydrogens (primary N) is 1. The first-order valence-corrected chi connectivity index (χ1v) is 9.77. The summed E-state index contributed by atoms with van der Waals surface area (Å²) in [5.74, 6) is 1.51. The van der Waals surface area contributed by atoms with Crippen LogP contribution in [0.1, 0.15) is 53.8 Å². The Morgan fingerprint density at radius 3 is 2.69 bits per heavy atom. The summed E-state index contributed by atoms with van der Waals surface area (Å²) in [7, 11) is 0. The number of pyridine rings is 1. The lowest BCUT2D eigenvalue weighted by atomic mass is 9.95. The fraction of sp³-hybridized carbons (Fsp3) is 0.476. The summed E-state index contributed by atoms with van der Waals surface area (Å²) < 4.78 is 11.1. The van der Waals surface area contributed by atoms with Crippen LogP contribution >= 0.6 is 12.4 Å². The minimum Gasteiger partial charge on any atom is -0.466 e. The second-order valence-corrected chi connectivity index (χ2v) is 7.75. The lowest BCUT2D eigenvalue weighted by molar-refractivity contribution is 0.0585. The van der Waals surface area contributed by atoms with Crippen LogP contribution in [0.4, 0.5) is 0 Å². The summed E-state index contributed by atoms with van der Waals surface area (Å²) in [5.41, 5.74) is 9.28. The predicted molar refractivity (Wildman–Crippen MR) is 113 cm³/mol. The molecular weight excluding hydrogens is 392 g/mol. The van der Waals surface area contributed by atoms with Gasteiger partial charge in [-0.2, -0.15) is 0 Å². The van der Waals surface area contributed by atoms with Gasteiger partial charge in [-0.15, -0.1) is 12.4 Å². The SMILES string of the molecule is Cc1cc(-c2cc(C(=O)N3CCCCC3C(C)N)c3c(C)noc3n2)c(C)o1.Cl. The predicted octanol–water partition coefficient (Wildman–Crippen LogP) is 4.17. The lowest BCUT2D eigenvalue weighted by Crippen LogP contribution is -2.51. The van der Waals surface area contributed by atoms with Crippen molar-refractivity contribution in [3.05, 3.63) is 34.9 Å². The second-order valence-electron chi connectivity index (χ2n) is 7.75. The Morgan fingerprint density at radius 2 is 2.03 bits per heavy atom. The first-order valence-electron chi connectivity index (χ1n) is 9.77. The summed E-state index contributed by atoms with van der Waals surface area (Å²) >= 11 is 0. The molecule has 2 atom stereocenters. The number of carbonyl (C=O) groups excluding carboxylic acids is 1. The molecule has 2 unspecified atom stereocenters. The highest BCUT2D eigenvalue weighted by atomic mass is 35.5. The largest absolute Gasteiger partial charge is 0.466 e. The molecule has 7 nitrogen and oxygen atoms in total. The third-order valence-electron chi connectivity index (χ3n) is 5.58. The summed E-state index contributed by atoms with van der Waals surface area (Å²) in [6.45, 7) is 8.28. The maximum absolute atomic E-state index is 13.6. The molecule has 8 heteroatoms. The normalized spacial score (nSPS) is 18.0. The molecular formula is C21H27ClN4O3. The molecule has 0 spiro atoms. The van der Waals surface area contributed by atoms with Crippen LogP contribution in [0.25, 0.3) is 22.4 Å². The van der Waals surface area contributed by atoms with E-state index in [9.17, 15) is 4.79 Å². The average molecular weight is 419 g/mol. The van der Waals surface area contributed by atoms with Crippen molar-refractivity contribution in [2.75, 3.05) is 6.54 Å². The van der Waals surface area contributed by atoms with Crippen LogP contribution in [0, 0.1) is 20.8 Å². The third-order valence-corrected chi connectivity index (χ3v) is 5.58. The number of piperidine rings is 1. The first kappa shape index (κ1) is 21.3. The zero-order chi connectivity index (χ0) is 20.0. The minimum atomic E-state index is -0.0802. The van der Waals surface area contributed by atoms with Gasteiger partial charge in [-0.05, 0) is 59.1 Å². The molecule has 1 saturated heterocycles. The van der Waals surface area contributed by atoms with E-state index in [0.29, 0.717) is 34.6 Å². The molecule has 156 valence electrons. The van der Waals surface area contributed by atoms with Crippen LogP contribution in [0.3, 0.4) is 0 Å². The molecule has 1 amide bonds. The molecule has 0 saturated carbocycles. The smallest absolute Gasteiger partial charge is 0.259 e. The number of furan rings is 1. The number of rotatable bonds is 3. The highest BCUT2D eigenvalue weighted by Crippen LogP contribution is 2.32. The van der Waals surface area contributed by atoms with Crippen molar-refractivity contribution < 1.29 is 13.7 Å². The lowest BCUT2D eigenvalue weighted by Gasteiger charge is -2.38. The van der Waals surface area contributed by atoms with Crippen LogP contribution in [0.15, 0.2) is 21.1 Å². The van der Waals surface area contributed by atoms with Crippen LogP contribution in [-0.4, -0.2) is 39.6 Å². The number of hydrogen-bond acceptors (Lipinski definition) is 6. The average Bonchev–Trinajstić information content (AvgIpc) is 3.22. The van der Waals surface area contributed by atoms with E-state index in [0.717, 1.165) is 36.3 Å². The zero-order valence-electron chi connectivity index (χ0n) is 17.2. The maximum atomic E-state index is 13.6. The van der Waals surface area contributed by atoms with Gasteiger partial charge in [0.1, 0.15) is 11.5 Å². The summed E-state index contributed by atoms with van der Waals surface area (Å²) in [5, 5.41) is 4.71. The molecule has 4 rings (SSSR count). The fourth-order valence-electron chi connectivity index (χ4n) is 4.20. The number of likely N-dealkylation sites (tertiary alicyclic amines) is 1. The van der Waals surface area contributed by atoms with E-state index in [-0.39, 0.29) is 30.4 Å². The van der Waals surface area contributed by atoms with E-state index in [1.165, 1.54) is 0 Å². The van der Waals surface area contributed by atoms with Gasteiger partial charge in [0.25, 0.3) is 11.6 Å². The molecule has 29 heavy (non-hydrogen) atoms. The number of hydrogen-bond donors (Lipinski definition) is 1. The Kier molecular flexibility index (Phi) is 6.00. The van der Waals surface area contributed by atoms with E-state index < -0.39 is 0 Å². The number of nitrogens with zero attached hydrogens (tertiary/aromatic N) is 3. The highest BCUT2D eigenvalue weighted by Gasteiger charge is 2.32. The number of aromatic nitrogens is 2. The Balaban J connectivity index is 0.00000240. The molecule has 0 aliphatic carbocycles. The number of aryl methyl sites for hydroxylation is 3. The van der Waals surface area contributed by atoms with Crippen molar-refractivity contribution in [3.8, 4) is 11.3 Å². The van der Waals surface area contributed by atoms with Crippen molar-refractivity contribution in [1.82, 2.24) is 15.0 Å². The van der Waals surface area contributed by atoms with E-state index in [4.69, 9.17) is 14.7 Å². The standard InChI is InChI=1S/C21H26N4O3.ClH/c1-11-9-15(14(4)27-11)17-10-16(19-13(3)24-28-20(19)23-17)21(26)25-8-6-5-7-18(25)12(2)22;/h9-10,12,18H,5-8,22H2,1-4H3;1H. The van der Waals surface area contributed by atoms with Crippen LogP contribution in [0.2, 0.25) is 0 Å². The maximum Gasteiger partial charge on any atom is 0.259 e. The van der Waals surface area contributed by atoms with Gasteiger partial charge in [0, 0.05) is 24.2 Å². The number of halogens is 1. The van der Waals surface area contributed by atoms with Crippen molar-refractivity contribution >= 4 is 29.4 Å². The van der Waals surface area contributed by atoms with Gasteiger partial charge in [0.05, 0.1) is 22.3 Å². The molecule has 3 aromatic rings. The van der Waals surface area contributed by atoms with Gasteiger partial charge in [0.15, 0.2) is 0 Å². The first-order chi connectivity index (χ1) is 13.4. The van der Waals surface area contributed by atoms with Gasteiger partial charge in [0.2, 0.25) is 0 Å². The van der Waals surface area contributed by atoms with E-state index in [1.807, 2.05) is 44.7 Å². The molecule has 1 aliphatic rings. The Labute approximate surface area is 176 Å². The summed E-state index contributed by atoms with van der Waals surface area (Å²) in [6, 6.07) is 3.71. The van der Waals surface area contributed by atoms with Crippen molar-refractivity contribution in [2.24, 2.45) is 5.73 Å². The van der Waals surface area contributed by atoms with Gasteiger partial charge in [-0.25, -0.2) is 4.98 Å². The minimum absolute atomic E-state index is 0. The van der Waals surface area contributed by atoms with Crippen LogP contribution in [0.5, 0.6) is 0 Å². The van der Waals surface area contributed by atoms with Gasteiger partial charge in [-0.1, -0.05) is 5.16 Å². The fourth-order valence-corrected chi connectivity index (χ4v) is 4.20. The Morgan fingerprint density at radius 1 is 1.28 bits per heavy atom. The molecule has 2 N–H and O–H groups in total. The van der Waals surface area contributed by atoms with Crippen LogP contribution in [-0.2, 0) is 0 Å². The highest BCUT2D eigenvalue weighted by molar-refractivity contribution is 6.07. The molecule has 0 bridgehead atoms. The van der Waals surface area contributed by atoms with Crippen molar-refractivity contribution in [2.45, 2.75) is 59.0 Å². The molecule has 0 aromatic carbocycles. The van der Waals surface area contributed by atoms with E-state index in [2.05, 4.69) is 10.1 Å². The van der Waals surface area contributed by atoms with Crippen LogP contribution < -0.4 is 5.73 Å². The molecule has 3 aromatic heterocycles. The molecule has 1 aliphatic heterocycles. The summed E-state index contributed by atoms with van der Waals surface area (Å²) in [6.07, 6.45) is 3.00. The Hall–Kier alpha value is -2.38. The van der Waals surface area contributed by atoms with E-state index in [1.54, 1.807) is 0 Å². The second kappa shape index (κ2) is 8.16. The number of fused-ring (bicyclic) bond motifs is 1. The third kappa shape index (κ3) is 3.76. The van der Waals surface area contributed by atoms with Gasteiger partial charge >= 0.3 is 0 Å². The zero-order valence-corrected chi connectivity index (χ0v) is 18.0.